The molecule has 4 heteroatoms. The summed E-state index contributed by atoms with van der Waals surface area (Å²) in [6.07, 6.45) is 4.52. The molecule has 17 heavy (non-hydrogen) atoms. The molecule has 2 aromatic rings. The zero-order chi connectivity index (χ0) is 11.7. The third kappa shape index (κ3) is 2.15. The summed E-state index contributed by atoms with van der Waals surface area (Å²) in [6, 6.07) is 8.01. The Hall–Kier alpha value is -1.13. The molecule has 0 amide bonds. The number of para-hydroxylation sites is 1. The number of nitrogens with zero attached hydrogens (tertiary/aromatic N) is 2. The maximum absolute atomic E-state index is 9.86. The van der Waals surface area contributed by atoms with Gasteiger partial charge in [-0.1, -0.05) is 30.0 Å². The maximum atomic E-state index is 9.86. The van der Waals surface area contributed by atoms with Crippen LogP contribution in [0.5, 0.6) is 0 Å². The van der Waals surface area contributed by atoms with Crippen LogP contribution in [0.1, 0.15) is 19.3 Å². The van der Waals surface area contributed by atoms with Crippen molar-refractivity contribution < 1.29 is 5.11 Å². The highest BCUT2D eigenvalue weighted by molar-refractivity contribution is 8.00. The Morgan fingerprint density at radius 2 is 2.06 bits per heavy atom. The number of hydrogen-bond acceptors (Lipinski definition) is 4. The quantitative estimate of drug-likeness (QED) is 0.827. The number of rotatable bonds is 2. The van der Waals surface area contributed by atoms with Gasteiger partial charge in [-0.15, -0.1) is 0 Å². The molecule has 0 radical (unpaired) electrons. The molecule has 1 fully saturated rings. The summed E-state index contributed by atoms with van der Waals surface area (Å²) in [5.74, 6) is 0. The predicted octanol–water partition coefficient (Wildman–Crippen LogP) is 2.64. The van der Waals surface area contributed by atoms with Crippen LogP contribution in [0.4, 0.5) is 0 Å². The number of aliphatic hydroxyl groups excluding tert-OH is 1. The summed E-state index contributed by atoms with van der Waals surface area (Å²) >= 11 is 1.69. The largest absolute Gasteiger partial charge is 0.392 e. The minimum atomic E-state index is -0.186. The van der Waals surface area contributed by atoms with Gasteiger partial charge >= 0.3 is 0 Å². The van der Waals surface area contributed by atoms with E-state index in [-0.39, 0.29) is 11.4 Å². The van der Waals surface area contributed by atoms with Crippen molar-refractivity contribution >= 4 is 22.7 Å². The van der Waals surface area contributed by atoms with Crippen LogP contribution in [-0.4, -0.2) is 26.4 Å². The Kier molecular flexibility index (Phi) is 2.99. The van der Waals surface area contributed by atoms with Crippen LogP contribution in [0.15, 0.2) is 35.6 Å². The number of benzene rings is 1. The number of aliphatic hydroxyl groups is 1. The molecule has 3 nitrogen and oxygen atoms in total. The predicted molar refractivity (Wildman–Crippen MR) is 69.0 cm³/mol. The lowest BCUT2D eigenvalue weighted by atomic mass is 10.2. The van der Waals surface area contributed by atoms with Crippen LogP contribution >= 0.6 is 11.8 Å². The summed E-state index contributed by atoms with van der Waals surface area (Å²) in [6.45, 7) is 0. The van der Waals surface area contributed by atoms with Crippen molar-refractivity contribution in [3.63, 3.8) is 0 Å². The van der Waals surface area contributed by atoms with Crippen LogP contribution in [0.2, 0.25) is 0 Å². The molecule has 1 N–H and O–H groups in total. The van der Waals surface area contributed by atoms with Crippen LogP contribution in [0.25, 0.3) is 10.9 Å². The van der Waals surface area contributed by atoms with Gasteiger partial charge in [0, 0.05) is 10.6 Å². The molecular formula is C13H14N2OS. The summed E-state index contributed by atoms with van der Waals surface area (Å²) < 4.78 is 0. The van der Waals surface area contributed by atoms with Gasteiger partial charge in [-0.25, -0.2) is 9.97 Å². The molecule has 1 saturated carbocycles. The highest BCUT2D eigenvalue weighted by Crippen LogP contribution is 2.36. The molecule has 0 saturated heterocycles. The van der Waals surface area contributed by atoms with Crippen LogP contribution in [-0.2, 0) is 0 Å². The van der Waals surface area contributed by atoms with Gasteiger partial charge in [0.1, 0.15) is 11.4 Å². The first kappa shape index (κ1) is 11.0. The normalized spacial score (nSPS) is 24.3. The van der Waals surface area contributed by atoms with Crippen molar-refractivity contribution in [1.82, 2.24) is 9.97 Å². The second kappa shape index (κ2) is 4.63. The minimum Gasteiger partial charge on any atom is -0.392 e. The molecule has 0 spiro atoms. The summed E-state index contributed by atoms with van der Waals surface area (Å²) in [5, 5.41) is 12.2. The molecule has 1 aliphatic rings. The Morgan fingerprint density at radius 3 is 2.88 bits per heavy atom. The summed E-state index contributed by atoms with van der Waals surface area (Å²) in [7, 11) is 0. The third-order valence-electron chi connectivity index (χ3n) is 3.19. The van der Waals surface area contributed by atoms with Crippen molar-refractivity contribution in [3.8, 4) is 0 Å². The van der Waals surface area contributed by atoms with Crippen LogP contribution < -0.4 is 0 Å². The zero-order valence-corrected chi connectivity index (χ0v) is 10.2. The molecule has 0 bridgehead atoms. The lowest BCUT2D eigenvalue weighted by Gasteiger charge is -2.13. The van der Waals surface area contributed by atoms with E-state index in [0.29, 0.717) is 0 Å². The first-order chi connectivity index (χ1) is 8.34. The van der Waals surface area contributed by atoms with Gasteiger partial charge in [-0.05, 0) is 25.3 Å². The molecule has 3 rings (SSSR count). The SMILES string of the molecule is OC1CCCC1Sc1ncnc2ccccc12. The van der Waals surface area contributed by atoms with E-state index in [1.165, 1.54) is 0 Å². The highest BCUT2D eigenvalue weighted by Gasteiger charge is 2.26. The molecule has 2 unspecified atom stereocenters. The molecule has 1 aromatic heterocycles. The number of fused-ring (bicyclic) bond motifs is 1. The van der Waals surface area contributed by atoms with Crippen LogP contribution in [0, 0.1) is 0 Å². The molecule has 88 valence electrons. The molecule has 0 aliphatic heterocycles. The van der Waals surface area contributed by atoms with Crippen molar-refractivity contribution in [1.29, 1.82) is 0 Å². The standard InChI is InChI=1S/C13H14N2OS/c16-11-6-3-7-12(11)17-13-9-4-1-2-5-10(9)14-8-15-13/h1-2,4-5,8,11-12,16H,3,6-7H2. The van der Waals surface area contributed by atoms with Gasteiger partial charge in [0.05, 0.1) is 11.6 Å². The van der Waals surface area contributed by atoms with E-state index in [1.54, 1.807) is 18.1 Å². The van der Waals surface area contributed by atoms with Crippen molar-refractivity contribution in [3.05, 3.63) is 30.6 Å². The van der Waals surface area contributed by atoms with E-state index in [9.17, 15) is 5.11 Å². The molecule has 1 heterocycles. The fraction of sp³-hybridized carbons (Fsp3) is 0.385. The Balaban J connectivity index is 1.94. The summed E-state index contributed by atoms with van der Waals surface area (Å²) in [4.78, 5) is 8.59. The van der Waals surface area contributed by atoms with Gasteiger partial charge in [-0.2, -0.15) is 0 Å². The first-order valence-corrected chi connectivity index (χ1v) is 6.77. The van der Waals surface area contributed by atoms with Gasteiger partial charge < -0.3 is 5.11 Å². The zero-order valence-electron chi connectivity index (χ0n) is 9.41. The average molecular weight is 246 g/mol. The van der Waals surface area contributed by atoms with E-state index >= 15 is 0 Å². The number of hydrogen-bond donors (Lipinski definition) is 1. The molecule has 1 aromatic carbocycles. The third-order valence-corrected chi connectivity index (χ3v) is 4.59. The fourth-order valence-electron chi connectivity index (χ4n) is 2.26. The number of aromatic nitrogens is 2. The minimum absolute atomic E-state index is 0.186. The maximum Gasteiger partial charge on any atom is 0.117 e. The summed E-state index contributed by atoms with van der Waals surface area (Å²) in [5.41, 5.74) is 0.970. The molecule has 2 atom stereocenters. The van der Waals surface area contributed by atoms with Crippen molar-refractivity contribution in [2.45, 2.75) is 35.6 Å². The molecule has 1 aliphatic carbocycles. The van der Waals surface area contributed by atoms with Gasteiger partial charge in [0.2, 0.25) is 0 Å². The average Bonchev–Trinajstić information content (AvgIpc) is 2.76. The monoisotopic (exact) mass is 246 g/mol. The lowest BCUT2D eigenvalue weighted by molar-refractivity contribution is 0.188. The number of thioether (sulfide) groups is 1. The van der Waals surface area contributed by atoms with E-state index in [0.717, 1.165) is 35.2 Å². The smallest absolute Gasteiger partial charge is 0.117 e. The van der Waals surface area contributed by atoms with Crippen molar-refractivity contribution in [2.24, 2.45) is 0 Å². The van der Waals surface area contributed by atoms with E-state index in [2.05, 4.69) is 9.97 Å². The first-order valence-electron chi connectivity index (χ1n) is 5.89. The second-order valence-electron chi connectivity index (χ2n) is 4.35. The van der Waals surface area contributed by atoms with Crippen molar-refractivity contribution in [2.75, 3.05) is 0 Å². The molecular weight excluding hydrogens is 232 g/mol. The second-order valence-corrected chi connectivity index (χ2v) is 5.58. The topological polar surface area (TPSA) is 46.0 Å². The van der Waals surface area contributed by atoms with E-state index in [4.69, 9.17) is 0 Å². The van der Waals surface area contributed by atoms with Crippen LogP contribution in [0.3, 0.4) is 0 Å². The van der Waals surface area contributed by atoms with Gasteiger partial charge in [-0.3, -0.25) is 0 Å². The lowest BCUT2D eigenvalue weighted by Crippen LogP contribution is -2.15. The van der Waals surface area contributed by atoms with Gasteiger partial charge in [0.15, 0.2) is 0 Å². The van der Waals surface area contributed by atoms with Gasteiger partial charge in [0.25, 0.3) is 0 Å². The van der Waals surface area contributed by atoms with E-state index < -0.39 is 0 Å². The Morgan fingerprint density at radius 1 is 1.18 bits per heavy atom. The Labute approximate surface area is 104 Å². The highest BCUT2D eigenvalue weighted by atomic mass is 32.2. The fourth-order valence-corrected chi connectivity index (χ4v) is 3.53. The van der Waals surface area contributed by atoms with E-state index in [1.807, 2.05) is 24.3 Å². The Bertz CT molecular complexity index is 526.